The molecular weight excluding hydrogens is 256 g/mol. The van der Waals surface area contributed by atoms with Gasteiger partial charge in [-0.3, -0.25) is 0 Å². The Bertz CT molecular complexity index is 375. The van der Waals surface area contributed by atoms with Crippen molar-refractivity contribution in [2.45, 2.75) is 38.8 Å². The molecule has 0 saturated carbocycles. The van der Waals surface area contributed by atoms with Gasteiger partial charge in [0.1, 0.15) is 15.4 Å². The van der Waals surface area contributed by atoms with Crippen molar-refractivity contribution in [2.24, 2.45) is 5.92 Å². The number of halogens is 1. The number of aromatic nitrogens is 1. The van der Waals surface area contributed by atoms with E-state index in [0.717, 1.165) is 28.9 Å². The molecule has 3 nitrogen and oxygen atoms in total. The van der Waals surface area contributed by atoms with Crippen LogP contribution in [0, 0.1) is 5.92 Å². The molecule has 17 heavy (non-hydrogen) atoms. The van der Waals surface area contributed by atoms with Crippen LogP contribution in [0.25, 0.3) is 0 Å². The fraction of sp³-hybridized carbons (Fsp3) is 0.750. The molecule has 0 amide bonds. The molecule has 0 aromatic carbocycles. The van der Waals surface area contributed by atoms with Crippen LogP contribution in [0.2, 0.25) is 4.34 Å². The van der Waals surface area contributed by atoms with Crippen molar-refractivity contribution in [3.05, 3.63) is 15.5 Å². The van der Waals surface area contributed by atoms with E-state index in [1.807, 2.05) is 0 Å². The zero-order chi connectivity index (χ0) is 12.5. The summed E-state index contributed by atoms with van der Waals surface area (Å²) in [6.07, 6.45) is 2.91. The summed E-state index contributed by atoms with van der Waals surface area (Å²) in [5.41, 5.74) is 0.146. The van der Waals surface area contributed by atoms with E-state index in [-0.39, 0.29) is 11.6 Å². The minimum absolute atomic E-state index is 0.113. The molecule has 1 N–H and O–H groups in total. The van der Waals surface area contributed by atoms with Gasteiger partial charge in [0.15, 0.2) is 0 Å². The molecule has 0 radical (unpaired) electrons. The fourth-order valence-corrected chi connectivity index (χ4v) is 3.02. The molecule has 2 rings (SSSR count). The highest BCUT2D eigenvalue weighted by Crippen LogP contribution is 2.37. The summed E-state index contributed by atoms with van der Waals surface area (Å²) in [6, 6.07) is 0. The van der Waals surface area contributed by atoms with Crippen LogP contribution in [-0.4, -0.2) is 23.7 Å². The molecule has 1 aliphatic heterocycles. The minimum Gasteiger partial charge on any atom is -0.371 e. The molecule has 1 saturated heterocycles. The lowest BCUT2D eigenvalue weighted by Gasteiger charge is -2.25. The predicted molar refractivity (Wildman–Crippen MR) is 71.7 cm³/mol. The van der Waals surface area contributed by atoms with E-state index in [0.29, 0.717) is 5.92 Å². The van der Waals surface area contributed by atoms with Gasteiger partial charge in [0.25, 0.3) is 0 Å². The molecule has 2 heterocycles. The van der Waals surface area contributed by atoms with Crippen LogP contribution in [0.1, 0.15) is 38.3 Å². The number of rotatable bonds is 3. The van der Waals surface area contributed by atoms with Crippen molar-refractivity contribution in [3.8, 4) is 0 Å². The number of nitrogens with one attached hydrogen (secondary N) is 1. The lowest BCUT2D eigenvalue weighted by molar-refractivity contribution is 0.0887. The summed E-state index contributed by atoms with van der Waals surface area (Å²) < 4.78 is 6.51. The fourth-order valence-electron chi connectivity index (χ4n) is 1.95. The Morgan fingerprint density at radius 1 is 1.59 bits per heavy atom. The molecule has 0 spiro atoms. The van der Waals surface area contributed by atoms with Crippen molar-refractivity contribution in [3.63, 3.8) is 0 Å². The first kappa shape index (κ1) is 13.3. The smallest absolute Gasteiger partial charge is 0.123 e. The van der Waals surface area contributed by atoms with Gasteiger partial charge >= 0.3 is 0 Å². The van der Waals surface area contributed by atoms with Crippen molar-refractivity contribution >= 4 is 22.9 Å². The summed E-state index contributed by atoms with van der Waals surface area (Å²) in [7, 11) is 0. The first-order chi connectivity index (χ1) is 7.96. The molecule has 2 atom stereocenters. The Hall–Kier alpha value is -0.160. The second-order valence-electron chi connectivity index (χ2n) is 5.47. The van der Waals surface area contributed by atoms with Gasteiger partial charge in [0, 0.05) is 24.6 Å². The summed E-state index contributed by atoms with van der Waals surface area (Å²) in [5.74, 6) is 0.497. The quantitative estimate of drug-likeness (QED) is 0.919. The molecule has 1 aromatic heterocycles. The van der Waals surface area contributed by atoms with E-state index in [1.165, 1.54) is 11.3 Å². The van der Waals surface area contributed by atoms with Crippen LogP contribution in [0.3, 0.4) is 0 Å². The summed E-state index contributed by atoms with van der Waals surface area (Å²) >= 11 is 7.44. The molecule has 5 heteroatoms. The van der Waals surface area contributed by atoms with Crippen molar-refractivity contribution in [1.82, 2.24) is 10.3 Å². The van der Waals surface area contributed by atoms with Gasteiger partial charge in [-0.2, -0.15) is 0 Å². The van der Waals surface area contributed by atoms with Gasteiger partial charge < -0.3 is 10.1 Å². The SMILES string of the molecule is CC(C)(C)NCC1CCOC1c1ncc(Cl)s1. The number of thiazole rings is 1. The van der Waals surface area contributed by atoms with Crippen molar-refractivity contribution in [1.29, 1.82) is 0 Å². The lowest BCUT2D eigenvalue weighted by Crippen LogP contribution is -2.39. The molecule has 1 aromatic rings. The van der Waals surface area contributed by atoms with Crippen LogP contribution in [0.4, 0.5) is 0 Å². The van der Waals surface area contributed by atoms with Crippen molar-refractivity contribution in [2.75, 3.05) is 13.2 Å². The molecule has 2 unspecified atom stereocenters. The lowest BCUT2D eigenvalue weighted by atomic mass is 10.00. The monoisotopic (exact) mass is 274 g/mol. The minimum atomic E-state index is 0.113. The third-order valence-electron chi connectivity index (χ3n) is 2.85. The van der Waals surface area contributed by atoms with E-state index in [2.05, 4.69) is 31.1 Å². The number of ether oxygens (including phenoxy) is 1. The standard InChI is InChI=1S/C12H19ClN2OS/c1-12(2,3)15-6-8-4-5-16-10(8)11-14-7-9(13)17-11/h7-8,10,15H,4-6H2,1-3H3. The molecule has 0 bridgehead atoms. The largest absolute Gasteiger partial charge is 0.371 e. The maximum Gasteiger partial charge on any atom is 0.123 e. The van der Waals surface area contributed by atoms with Gasteiger partial charge in [0.2, 0.25) is 0 Å². The van der Waals surface area contributed by atoms with Gasteiger partial charge in [-0.1, -0.05) is 11.6 Å². The Labute approximate surface area is 112 Å². The Morgan fingerprint density at radius 3 is 2.94 bits per heavy atom. The van der Waals surface area contributed by atoms with Gasteiger partial charge in [-0.25, -0.2) is 4.98 Å². The van der Waals surface area contributed by atoms with E-state index < -0.39 is 0 Å². The summed E-state index contributed by atoms with van der Waals surface area (Å²) in [5, 5.41) is 4.54. The van der Waals surface area contributed by atoms with Crippen molar-refractivity contribution < 1.29 is 4.74 Å². The van der Waals surface area contributed by atoms with Gasteiger partial charge in [-0.15, -0.1) is 11.3 Å². The van der Waals surface area contributed by atoms with Gasteiger partial charge in [0.05, 0.1) is 6.20 Å². The van der Waals surface area contributed by atoms with Crippen LogP contribution < -0.4 is 5.32 Å². The Balaban J connectivity index is 1.98. The second kappa shape index (κ2) is 5.22. The molecule has 1 fully saturated rings. The third-order valence-corrected chi connectivity index (χ3v) is 4.02. The normalized spacial score (nSPS) is 25.4. The average Bonchev–Trinajstić information content (AvgIpc) is 2.81. The third kappa shape index (κ3) is 3.65. The second-order valence-corrected chi connectivity index (χ2v) is 7.17. The zero-order valence-corrected chi connectivity index (χ0v) is 12.1. The predicted octanol–water partition coefficient (Wildman–Crippen LogP) is 3.26. The van der Waals surface area contributed by atoms with E-state index in [1.54, 1.807) is 6.20 Å². The molecule has 0 aliphatic carbocycles. The average molecular weight is 275 g/mol. The van der Waals surface area contributed by atoms with E-state index in [9.17, 15) is 0 Å². The van der Waals surface area contributed by atoms with Crippen LogP contribution in [-0.2, 0) is 4.74 Å². The first-order valence-corrected chi connectivity index (χ1v) is 7.13. The Morgan fingerprint density at radius 2 is 2.35 bits per heavy atom. The number of nitrogens with zero attached hydrogens (tertiary/aromatic N) is 1. The first-order valence-electron chi connectivity index (χ1n) is 5.93. The van der Waals surface area contributed by atoms with Crippen LogP contribution >= 0.6 is 22.9 Å². The number of hydrogen-bond acceptors (Lipinski definition) is 4. The van der Waals surface area contributed by atoms with Crippen LogP contribution in [0.15, 0.2) is 6.20 Å². The van der Waals surface area contributed by atoms with E-state index in [4.69, 9.17) is 16.3 Å². The maximum absolute atomic E-state index is 5.92. The highest BCUT2D eigenvalue weighted by Gasteiger charge is 2.32. The highest BCUT2D eigenvalue weighted by molar-refractivity contribution is 7.15. The molecule has 96 valence electrons. The van der Waals surface area contributed by atoms with Gasteiger partial charge in [-0.05, 0) is 27.2 Å². The molecule has 1 aliphatic rings. The number of hydrogen-bond donors (Lipinski definition) is 1. The zero-order valence-electron chi connectivity index (χ0n) is 10.5. The maximum atomic E-state index is 5.92. The van der Waals surface area contributed by atoms with Crippen LogP contribution in [0.5, 0.6) is 0 Å². The summed E-state index contributed by atoms with van der Waals surface area (Å²) in [6.45, 7) is 8.32. The Kier molecular flexibility index (Phi) is 4.08. The van der Waals surface area contributed by atoms with E-state index >= 15 is 0 Å². The summed E-state index contributed by atoms with van der Waals surface area (Å²) in [4.78, 5) is 4.33. The topological polar surface area (TPSA) is 34.1 Å². The highest BCUT2D eigenvalue weighted by atomic mass is 35.5. The molecular formula is C12H19ClN2OS.